The lowest BCUT2D eigenvalue weighted by molar-refractivity contribution is 0.0435. The van der Waals surface area contributed by atoms with Gasteiger partial charge in [0.2, 0.25) is 13.0 Å². The third kappa shape index (κ3) is 2.17. The van der Waals surface area contributed by atoms with Gasteiger partial charge < -0.3 is 29.0 Å². The molecule has 2 aromatic rings. The molecule has 0 amide bonds. The van der Waals surface area contributed by atoms with E-state index in [0.29, 0.717) is 34.1 Å². The van der Waals surface area contributed by atoms with E-state index in [-0.39, 0.29) is 6.79 Å². The van der Waals surface area contributed by atoms with Crippen LogP contribution in [0, 0.1) is 0 Å². The van der Waals surface area contributed by atoms with Crippen LogP contribution in [0.25, 0.3) is 0 Å². The normalized spacial score (nSPS) is 17.2. The lowest BCUT2D eigenvalue weighted by atomic mass is 10.1. The summed E-state index contributed by atoms with van der Waals surface area (Å²) in [6, 6.07) is 8.96. The summed E-state index contributed by atoms with van der Waals surface area (Å²) in [7, 11) is 3.01. The van der Waals surface area contributed by atoms with Crippen LogP contribution in [0.4, 0.5) is 5.69 Å². The van der Waals surface area contributed by atoms with Crippen LogP contribution in [0.3, 0.4) is 0 Å². The number of fused-ring (bicyclic) bond motifs is 2. The van der Waals surface area contributed by atoms with Crippen molar-refractivity contribution in [2.45, 2.75) is 6.23 Å². The number of cyclic esters (lactones) is 1. The molecule has 0 saturated carbocycles. The standard InChI is InChI=1S/C17H15NO6/c1-20-12-6-4-10-14(15(12)21-2)17(19)24-16(10)18-9-3-5-11-13(7-9)23-8-22-11/h3-7,16,18H,8H2,1-2H3. The summed E-state index contributed by atoms with van der Waals surface area (Å²) in [4.78, 5) is 12.3. The number of methoxy groups -OCH3 is 2. The van der Waals surface area contributed by atoms with Gasteiger partial charge in [0.15, 0.2) is 23.0 Å². The molecule has 124 valence electrons. The zero-order chi connectivity index (χ0) is 16.7. The molecule has 2 aliphatic rings. The number of hydrogen-bond donors (Lipinski definition) is 1. The van der Waals surface area contributed by atoms with Crippen LogP contribution >= 0.6 is 0 Å². The second kappa shape index (κ2) is 5.52. The maximum Gasteiger partial charge on any atom is 0.344 e. The molecule has 2 heterocycles. The van der Waals surface area contributed by atoms with Crippen molar-refractivity contribution in [2.75, 3.05) is 26.3 Å². The van der Waals surface area contributed by atoms with E-state index in [0.717, 1.165) is 5.69 Å². The maximum atomic E-state index is 12.3. The fourth-order valence-electron chi connectivity index (χ4n) is 2.85. The van der Waals surface area contributed by atoms with Crippen molar-refractivity contribution in [3.8, 4) is 23.0 Å². The minimum absolute atomic E-state index is 0.205. The van der Waals surface area contributed by atoms with Gasteiger partial charge >= 0.3 is 5.97 Å². The van der Waals surface area contributed by atoms with Crippen LogP contribution in [0.5, 0.6) is 23.0 Å². The molecule has 0 spiro atoms. The number of carbonyl (C=O) groups is 1. The average Bonchev–Trinajstić information content (AvgIpc) is 3.18. The van der Waals surface area contributed by atoms with Crippen LogP contribution in [-0.2, 0) is 4.74 Å². The number of carbonyl (C=O) groups excluding carboxylic acids is 1. The first-order valence-electron chi connectivity index (χ1n) is 7.33. The monoisotopic (exact) mass is 329 g/mol. The number of hydrogen-bond acceptors (Lipinski definition) is 7. The molecule has 0 bridgehead atoms. The van der Waals surface area contributed by atoms with Gasteiger partial charge in [-0.2, -0.15) is 0 Å². The molecule has 1 atom stereocenters. The van der Waals surface area contributed by atoms with Crippen molar-refractivity contribution < 1.29 is 28.5 Å². The van der Waals surface area contributed by atoms with E-state index in [2.05, 4.69) is 5.32 Å². The summed E-state index contributed by atoms with van der Waals surface area (Å²) in [6.45, 7) is 0.205. The number of esters is 1. The first-order chi connectivity index (χ1) is 11.7. The second-order valence-electron chi connectivity index (χ2n) is 5.26. The molecule has 4 rings (SSSR count). The topological polar surface area (TPSA) is 75.3 Å². The molecule has 0 aliphatic carbocycles. The predicted octanol–water partition coefficient (Wildman–Crippen LogP) is 2.71. The Morgan fingerprint density at radius 1 is 1.08 bits per heavy atom. The molecule has 1 unspecified atom stereocenters. The Labute approximate surface area is 138 Å². The van der Waals surface area contributed by atoms with E-state index in [4.69, 9.17) is 23.7 Å². The quantitative estimate of drug-likeness (QED) is 0.864. The van der Waals surface area contributed by atoms with E-state index in [9.17, 15) is 4.79 Å². The van der Waals surface area contributed by atoms with Gasteiger partial charge in [0.05, 0.1) is 14.2 Å². The highest BCUT2D eigenvalue weighted by Gasteiger charge is 2.36. The van der Waals surface area contributed by atoms with Gasteiger partial charge in [-0.25, -0.2) is 4.79 Å². The van der Waals surface area contributed by atoms with Gasteiger partial charge in [-0.05, 0) is 24.3 Å². The van der Waals surface area contributed by atoms with Gasteiger partial charge in [0.25, 0.3) is 0 Å². The molecular weight excluding hydrogens is 314 g/mol. The second-order valence-corrected chi connectivity index (χ2v) is 5.26. The number of ether oxygens (including phenoxy) is 5. The number of rotatable bonds is 4. The molecule has 2 aliphatic heterocycles. The third-order valence-corrected chi connectivity index (χ3v) is 3.96. The summed E-state index contributed by atoms with van der Waals surface area (Å²) in [6.07, 6.45) is -0.618. The summed E-state index contributed by atoms with van der Waals surface area (Å²) in [5.74, 6) is 1.73. The molecule has 7 nitrogen and oxygen atoms in total. The van der Waals surface area contributed by atoms with Gasteiger partial charge in [-0.3, -0.25) is 0 Å². The molecule has 1 N–H and O–H groups in total. The predicted molar refractivity (Wildman–Crippen MR) is 83.9 cm³/mol. The van der Waals surface area contributed by atoms with E-state index in [1.807, 2.05) is 6.07 Å². The van der Waals surface area contributed by atoms with Crippen molar-refractivity contribution in [2.24, 2.45) is 0 Å². The molecule has 24 heavy (non-hydrogen) atoms. The SMILES string of the molecule is COc1ccc2c(c1OC)C(=O)OC2Nc1ccc2c(c1)OCO2. The fraction of sp³-hybridized carbons (Fsp3) is 0.235. The molecule has 7 heteroatoms. The van der Waals surface area contributed by atoms with Crippen molar-refractivity contribution >= 4 is 11.7 Å². The Balaban J connectivity index is 1.67. The zero-order valence-corrected chi connectivity index (χ0v) is 13.1. The van der Waals surface area contributed by atoms with Crippen LogP contribution in [0.2, 0.25) is 0 Å². The molecule has 0 saturated heterocycles. The highest BCUT2D eigenvalue weighted by Crippen LogP contribution is 2.43. The summed E-state index contributed by atoms with van der Waals surface area (Å²) < 4.78 is 26.6. The summed E-state index contributed by atoms with van der Waals surface area (Å²) in [5, 5.41) is 3.17. The van der Waals surface area contributed by atoms with Gasteiger partial charge in [0, 0.05) is 17.3 Å². The maximum absolute atomic E-state index is 12.3. The highest BCUT2D eigenvalue weighted by atomic mass is 16.7. The van der Waals surface area contributed by atoms with E-state index < -0.39 is 12.2 Å². The Morgan fingerprint density at radius 2 is 1.92 bits per heavy atom. The zero-order valence-electron chi connectivity index (χ0n) is 13.1. The first kappa shape index (κ1) is 14.5. The van der Waals surface area contributed by atoms with Crippen molar-refractivity contribution in [1.82, 2.24) is 0 Å². The van der Waals surface area contributed by atoms with E-state index >= 15 is 0 Å². The molecule has 0 fully saturated rings. The Morgan fingerprint density at radius 3 is 2.71 bits per heavy atom. The van der Waals surface area contributed by atoms with Crippen LogP contribution < -0.4 is 24.3 Å². The Kier molecular flexibility index (Phi) is 3.34. The van der Waals surface area contributed by atoms with Gasteiger partial charge in [-0.1, -0.05) is 0 Å². The largest absolute Gasteiger partial charge is 0.493 e. The lowest BCUT2D eigenvalue weighted by Gasteiger charge is -2.15. The minimum Gasteiger partial charge on any atom is -0.493 e. The summed E-state index contributed by atoms with van der Waals surface area (Å²) >= 11 is 0. The Bertz CT molecular complexity index is 819. The number of nitrogens with one attached hydrogen (secondary N) is 1. The minimum atomic E-state index is -0.618. The van der Waals surface area contributed by atoms with Crippen LogP contribution in [0.1, 0.15) is 22.1 Å². The van der Waals surface area contributed by atoms with Crippen LogP contribution in [0.15, 0.2) is 30.3 Å². The number of anilines is 1. The molecule has 0 aromatic heterocycles. The smallest absolute Gasteiger partial charge is 0.344 e. The average molecular weight is 329 g/mol. The third-order valence-electron chi connectivity index (χ3n) is 3.96. The van der Waals surface area contributed by atoms with Crippen molar-refractivity contribution in [1.29, 1.82) is 0 Å². The fourth-order valence-corrected chi connectivity index (χ4v) is 2.85. The summed E-state index contributed by atoms with van der Waals surface area (Å²) in [5.41, 5.74) is 1.81. The van der Waals surface area contributed by atoms with E-state index in [1.165, 1.54) is 14.2 Å². The highest BCUT2D eigenvalue weighted by molar-refractivity contribution is 5.98. The number of benzene rings is 2. The molecule has 2 aromatic carbocycles. The first-order valence-corrected chi connectivity index (χ1v) is 7.33. The van der Waals surface area contributed by atoms with Gasteiger partial charge in [0.1, 0.15) is 5.56 Å². The lowest BCUT2D eigenvalue weighted by Crippen LogP contribution is -2.10. The molecule has 0 radical (unpaired) electrons. The van der Waals surface area contributed by atoms with Crippen LogP contribution in [-0.4, -0.2) is 27.0 Å². The van der Waals surface area contributed by atoms with E-state index in [1.54, 1.807) is 24.3 Å². The van der Waals surface area contributed by atoms with Crippen molar-refractivity contribution in [3.63, 3.8) is 0 Å². The van der Waals surface area contributed by atoms with Crippen molar-refractivity contribution in [3.05, 3.63) is 41.5 Å². The van der Waals surface area contributed by atoms with Gasteiger partial charge in [-0.15, -0.1) is 0 Å². The molecular formula is C17H15NO6. The Hall–Kier alpha value is -3.09.